The van der Waals surface area contributed by atoms with Gasteiger partial charge in [0.2, 0.25) is 0 Å². The van der Waals surface area contributed by atoms with Crippen molar-refractivity contribution in [1.29, 1.82) is 0 Å². The molecule has 1 rings (SSSR count). The molecule has 1 aliphatic heterocycles. The number of carboxylic acid groups (broad SMARTS) is 1. The van der Waals surface area contributed by atoms with Crippen LogP contribution in [-0.2, 0) is 14.3 Å². The van der Waals surface area contributed by atoms with Gasteiger partial charge in [-0.25, -0.2) is 9.59 Å². The highest BCUT2D eigenvalue weighted by Gasteiger charge is 2.47. The molecule has 1 aliphatic rings. The van der Waals surface area contributed by atoms with E-state index in [1.54, 1.807) is 20.8 Å². The van der Waals surface area contributed by atoms with E-state index >= 15 is 0 Å². The molecule has 0 aromatic rings. The van der Waals surface area contributed by atoms with Crippen molar-refractivity contribution in [1.82, 2.24) is 9.80 Å². The monoisotopic (exact) mass is 326 g/mol. The number of aliphatic carboxylic acids is 1. The molecule has 1 N–H and O–H groups in total. The first-order chi connectivity index (χ1) is 9.83. The Morgan fingerprint density at radius 3 is 2.09 bits per heavy atom. The average Bonchev–Trinajstić information content (AvgIpc) is 2.33. The number of halogens is 3. The fraction of sp³-hybridized carbons (Fsp3) is 0.750. The minimum Gasteiger partial charge on any atom is -0.480 e. The quantitative estimate of drug-likeness (QED) is 0.779. The summed E-state index contributed by atoms with van der Waals surface area (Å²) in [6.07, 6.45) is -6.03. The molecule has 7 nitrogen and oxygen atoms in total. The normalized spacial score (nSPS) is 19.8. The Bertz CT molecular complexity index is 472. The zero-order chi connectivity index (χ0) is 17.3. The number of alkyl halides is 3. The van der Waals surface area contributed by atoms with Crippen LogP contribution >= 0.6 is 0 Å². The smallest absolute Gasteiger partial charge is 0.471 e. The molecule has 10 heteroatoms. The molecule has 0 radical (unpaired) electrons. The third kappa shape index (κ3) is 4.50. The molecule has 1 saturated heterocycles. The van der Waals surface area contributed by atoms with E-state index in [1.165, 1.54) is 0 Å². The second-order valence-electron chi connectivity index (χ2n) is 5.78. The Labute approximate surface area is 124 Å². The van der Waals surface area contributed by atoms with E-state index in [2.05, 4.69) is 0 Å². The highest BCUT2D eigenvalue weighted by Crippen LogP contribution is 2.22. The van der Waals surface area contributed by atoms with Crippen LogP contribution < -0.4 is 0 Å². The molecule has 0 spiro atoms. The van der Waals surface area contributed by atoms with Crippen molar-refractivity contribution in [3.05, 3.63) is 0 Å². The molecule has 1 fully saturated rings. The molecular weight excluding hydrogens is 309 g/mol. The lowest BCUT2D eigenvalue weighted by molar-refractivity contribution is -0.188. The summed E-state index contributed by atoms with van der Waals surface area (Å²) >= 11 is 0. The Morgan fingerprint density at radius 1 is 1.14 bits per heavy atom. The summed E-state index contributed by atoms with van der Waals surface area (Å²) in [6, 6.07) is -1.59. The van der Waals surface area contributed by atoms with E-state index in [0.29, 0.717) is 4.90 Å². The van der Waals surface area contributed by atoms with Crippen molar-refractivity contribution in [2.45, 2.75) is 38.6 Å². The molecule has 0 saturated carbocycles. The molecule has 0 aromatic carbocycles. The molecule has 126 valence electrons. The van der Waals surface area contributed by atoms with Crippen LogP contribution in [-0.4, -0.2) is 70.3 Å². The van der Waals surface area contributed by atoms with Gasteiger partial charge < -0.3 is 14.7 Å². The number of hydrogen-bond donors (Lipinski definition) is 1. The molecule has 0 bridgehead atoms. The summed E-state index contributed by atoms with van der Waals surface area (Å²) < 4.78 is 42.2. The van der Waals surface area contributed by atoms with Crippen molar-refractivity contribution in [3.63, 3.8) is 0 Å². The van der Waals surface area contributed by atoms with Gasteiger partial charge in [0.1, 0.15) is 11.6 Å². The highest BCUT2D eigenvalue weighted by molar-refractivity contribution is 5.85. The van der Waals surface area contributed by atoms with Crippen LogP contribution in [0.15, 0.2) is 0 Å². The first-order valence-corrected chi connectivity index (χ1v) is 6.41. The van der Waals surface area contributed by atoms with Gasteiger partial charge >= 0.3 is 24.1 Å². The molecule has 1 heterocycles. The molecule has 0 aromatic heterocycles. The number of hydrogen-bond acceptors (Lipinski definition) is 4. The van der Waals surface area contributed by atoms with Crippen LogP contribution in [0.2, 0.25) is 0 Å². The number of carbonyl (C=O) groups excluding carboxylic acids is 2. The standard InChI is InChI=1S/C12H17F3N2O5/c1-11(2,3)22-10(21)17-5-4-16(6-7(17)8(18)19)9(20)12(13,14)15/h7H,4-6H2,1-3H3,(H,18,19). The van der Waals surface area contributed by atoms with Crippen molar-refractivity contribution in [2.75, 3.05) is 19.6 Å². The van der Waals surface area contributed by atoms with E-state index in [1.807, 2.05) is 0 Å². The van der Waals surface area contributed by atoms with E-state index in [0.717, 1.165) is 4.90 Å². The van der Waals surface area contributed by atoms with Gasteiger partial charge in [0, 0.05) is 13.1 Å². The molecule has 2 amide bonds. The lowest BCUT2D eigenvalue weighted by atomic mass is 10.1. The summed E-state index contributed by atoms with van der Waals surface area (Å²) in [5.74, 6) is -3.63. The SMILES string of the molecule is CC(C)(C)OC(=O)N1CCN(C(=O)C(F)(F)F)CC1C(=O)O. The predicted octanol–water partition coefficient (Wildman–Crippen LogP) is 1.08. The maximum atomic E-state index is 12.4. The van der Waals surface area contributed by atoms with Crippen molar-refractivity contribution in [3.8, 4) is 0 Å². The van der Waals surface area contributed by atoms with Gasteiger partial charge in [-0.15, -0.1) is 0 Å². The van der Waals surface area contributed by atoms with Crippen molar-refractivity contribution < 1.29 is 37.4 Å². The number of piperazine rings is 1. The highest BCUT2D eigenvalue weighted by atomic mass is 19.4. The summed E-state index contributed by atoms with van der Waals surface area (Å²) in [5.41, 5.74) is -0.876. The largest absolute Gasteiger partial charge is 0.480 e. The van der Waals surface area contributed by atoms with Crippen molar-refractivity contribution >= 4 is 18.0 Å². The second kappa shape index (κ2) is 6.01. The van der Waals surface area contributed by atoms with Gasteiger partial charge in [0.15, 0.2) is 0 Å². The number of rotatable bonds is 1. The number of carboxylic acids is 1. The van der Waals surface area contributed by atoms with Crippen LogP contribution in [0.4, 0.5) is 18.0 Å². The molecule has 0 aliphatic carbocycles. The van der Waals surface area contributed by atoms with Crippen LogP contribution in [0.3, 0.4) is 0 Å². The maximum absolute atomic E-state index is 12.4. The van der Waals surface area contributed by atoms with Gasteiger partial charge in [-0.3, -0.25) is 9.69 Å². The maximum Gasteiger partial charge on any atom is 0.471 e. The minimum absolute atomic E-state index is 0.353. The Kier molecular flexibility index (Phi) is 4.93. The number of carbonyl (C=O) groups is 3. The van der Waals surface area contributed by atoms with E-state index < -0.39 is 48.9 Å². The van der Waals surface area contributed by atoms with Gasteiger partial charge in [-0.05, 0) is 20.8 Å². The van der Waals surface area contributed by atoms with E-state index in [9.17, 15) is 27.6 Å². The summed E-state index contributed by atoms with van der Waals surface area (Å²) in [7, 11) is 0. The first-order valence-electron chi connectivity index (χ1n) is 6.41. The number of amides is 2. The van der Waals surface area contributed by atoms with E-state index in [-0.39, 0.29) is 6.54 Å². The second-order valence-corrected chi connectivity index (χ2v) is 5.78. The summed E-state index contributed by atoms with van der Waals surface area (Å²) in [6.45, 7) is 3.21. The average molecular weight is 326 g/mol. The van der Waals surface area contributed by atoms with Crippen LogP contribution in [0.5, 0.6) is 0 Å². The topological polar surface area (TPSA) is 87.2 Å². The molecular formula is C12H17F3N2O5. The van der Waals surface area contributed by atoms with Crippen LogP contribution in [0, 0.1) is 0 Å². The van der Waals surface area contributed by atoms with Gasteiger partial charge in [0.05, 0.1) is 6.54 Å². The first kappa shape index (κ1) is 18.1. The Hall–Kier alpha value is -2.00. The van der Waals surface area contributed by atoms with Gasteiger partial charge in [0.25, 0.3) is 0 Å². The third-order valence-electron chi connectivity index (χ3n) is 2.82. The summed E-state index contributed by atoms with van der Waals surface area (Å²) in [5, 5.41) is 9.09. The summed E-state index contributed by atoms with van der Waals surface area (Å²) in [4.78, 5) is 35.5. The predicted molar refractivity (Wildman–Crippen MR) is 67.0 cm³/mol. The van der Waals surface area contributed by atoms with Gasteiger partial charge in [-0.1, -0.05) is 0 Å². The van der Waals surface area contributed by atoms with E-state index in [4.69, 9.17) is 9.84 Å². The van der Waals surface area contributed by atoms with Crippen molar-refractivity contribution in [2.24, 2.45) is 0 Å². The van der Waals surface area contributed by atoms with Gasteiger partial charge in [-0.2, -0.15) is 13.2 Å². The molecule has 1 atom stereocenters. The molecule has 1 unspecified atom stereocenters. The number of ether oxygens (including phenoxy) is 1. The third-order valence-corrected chi connectivity index (χ3v) is 2.82. The fourth-order valence-electron chi connectivity index (χ4n) is 1.90. The zero-order valence-corrected chi connectivity index (χ0v) is 12.3. The lowest BCUT2D eigenvalue weighted by Gasteiger charge is -2.39. The lowest BCUT2D eigenvalue weighted by Crippen LogP contribution is -2.61. The molecule has 22 heavy (non-hydrogen) atoms. The van der Waals surface area contributed by atoms with Crippen LogP contribution in [0.1, 0.15) is 20.8 Å². The number of nitrogens with zero attached hydrogens (tertiary/aromatic N) is 2. The fourth-order valence-corrected chi connectivity index (χ4v) is 1.90. The minimum atomic E-state index is -5.09. The van der Waals surface area contributed by atoms with Crippen LogP contribution in [0.25, 0.3) is 0 Å². The Balaban J connectivity index is 2.87. The zero-order valence-electron chi connectivity index (χ0n) is 12.3. The Morgan fingerprint density at radius 2 is 1.68 bits per heavy atom.